The minimum absolute atomic E-state index is 0.122. The number of hydrogen-bond acceptors (Lipinski definition) is 3. The highest BCUT2D eigenvalue weighted by Gasteiger charge is 2.11. The van der Waals surface area contributed by atoms with Crippen LogP contribution in [0, 0.1) is 11.7 Å². The third-order valence-electron chi connectivity index (χ3n) is 2.64. The third-order valence-corrected chi connectivity index (χ3v) is 3.44. The van der Waals surface area contributed by atoms with Crippen molar-refractivity contribution in [2.45, 2.75) is 12.8 Å². The van der Waals surface area contributed by atoms with Gasteiger partial charge in [-0.05, 0) is 30.0 Å². The largest absolute Gasteiger partial charge is 0.396 e. The zero-order valence-electron chi connectivity index (χ0n) is 9.34. The number of nitrogens with zero attached hydrogens (tertiary/aromatic N) is 1. The van der Waals surface area contributed by atoms with E-state index in [0.717, 1.165) is 23.4 Å². The Morgan fingerprint density at radius 1 is 1.24 bits per heavy atom. The summed E-state index contributed by atoms with van der Waals surface area (Å²) in [6.45, 7) is 0.122. The predicted molar refractivity (Wildman–Crippen MR) is 66.5 cm³/mol. The van der Waals surface area contributed by atoms with Crippen LogP contribution in [0.15, 0.2) is 35.8 Å². The molecule has 1 aromatic carbocycles. The summed E-state index contributed by atoms with van der Waals surface area (Å²) in [5.41, 5.74) is 1.04. The standard InChI is InChI=1S/C13H14FNOS/c14-12-3-1-10(2-4-12)7-11(9-16)8-13-15-5-6-17-13/h1-6,11,16H,7-9H2. The number of hydrogen-bond donors (Lipinski definition) is 1. The van der Waals surface area contributed by atoms with Crippen molar-refractivity contribution in [2.75, 3.05) is 6.61 Å². The van der Waals surface area contributed by atoms with Gasteiger partial charge in [0.1, 0.15) is 5.82 Å². The maximum atomic E-state index is 12.8. The van der Waals surface area contributed by atoms with Crippen LogP contribution in [-0.2, 0) is 12.8 Å². The summed E-state index contributed by atoms with van der Waals surface area (Å²) in [4.78, 5) is 4.21. The molecule has 1 heterocycles. The van der Waals surface area contributed by atoms with E-state index in [1.165, 1.54) is 12.1 Å². The summed E-state index contributed by atoms with van der Waals surface area (Å²) >= 11 is 1.60. The molecule has 0 aliphatic carbocycles. The maximum Gasteiger partial charge on any atom is 0.123 e. The lowest BCUT2D eigenvalue weighted by molar-refractivity contribution is 0.225. The van der Waals surface area contributed by atoms with Gasteiger partial charge in [0.25, 0.3) is 0 Å². The Labute approximate surface area is 104 Å². The zero-order chi connectivity index (χ0) is 12.1. The van der Waals surface area contributed by atoms with Crippen LogP contribution in [0.1, 0.15) is 10.6 Å². The maximum absolute atomic E-state index is 12.8. The lowest BCUT2D eigenvalue weighted by Gasteiger charge is -2.12. The summed E-state index contributed by atoms with van der Waals surface area (Å²) < 4.78 is 12.8. The average molecular weight is 251 g/mol. The monoisotopic (exact) mass is 251 g/mol. The SMILES string of the molecule is OCC(Cc1ccc(F)cc1)Cc1nccs1. The van der Waals surface area contributed by atoms with Crippen LogP contribution in [0.2, 0.25) is 0 Å². The molecule has 1 N–H and O–H groups in total. The molecule has 4 heteroatoms. The van der Waals surface area contributed by atoms with Crippen LogP contribution in [-0.4, -0.2) is 16.7 Å². The molecule has 1 unspecified atom stereocenters. The second-order valence-electron chi connectivity index (χ2n) is 4.01. The highest BCUT2D eigenvalue weighted by Crippen LogP contribution is 2.16. The van der Waals surface area contributed by atoms with Crippen LogP contribution in [0.5, 0.6) is 0 Å². The molecule has 0 amide bonds. The van der Waals surface area contributed by atoms with Crippen molar-refractivity contribution in [1.82, 2.24) is 4.98 Å². The minimum Gasteiger partial charge on any atom is -0.396 e. The Hall–Kier alpha value is -1.26. The van der Waals surface area contributed by atoms with Crippen molar-refractivity contribution in [3.63, 3.8) is 0 Å². The molecule has 0 radical (unpaired) electrons. The normalized spacial score (nSPS) is 12.6. The van der Waals surface area contributed by atoms with E-state index in [9.17, 15) is 9.50 Å². The van der Waals surface area contributed by atoms with Gasteiger partial charge in [0, 0.05) is 24.6 Å². The van der Waals surface area contributed by atoms with E-state index in [4.69, 9.17) is 0 Å². The molecule has 0 fully saturated rings. The minimum atomic E-state index is -0.228. The highest BCUT2D eigenvalue weighted by atomic mass is 32.1. The van der Waals surface area contributed by atoms with Crippen LogP contribution in [0.3, 0.4) is 0 Å². The van der Waals surface area contributed by atoms with Gasteiger partial charge in [0.15, 0.2) is 0 Å². The number of halogens is 1. The topological polar surface area (TPSA) is 33.1 Å². The average Bonchev–Trinajstić information content (AvgIpc) is 2.84. The van der Waals surface area contributed by atoms with E-state index in [0.29, 0.717) is 0 Å². The molecule has 0 aliphatic heterocycles. The molecular formula is C13H14FNOS. The quantitative estimate of drug-likeness (QED) is 0.886. The number of rotatable bonds is 5. The first kappa shape index (κ1) is 12.2. The van der Waals surface area contributed by atoms with Crippen molar-refractivity contribution in [2.24, 2.45) is 5.92 Å². The van der Waals surface area contributed by atoms with Crippen molar-refractivity contribution in [1.29, 1.82) is 0 Å². The molecule has 0 aliphatic rings. The van der Waals surface area contributed by atoms with Gasteiger partial charge in [-0.25, -0.2) is 9.37 Å². The highest BCUT2D eigenvalue weighted by molar-refractivity contribution is 7.09. The van der Waals surface area contributed by atoms with Crippen LogP contribution >= 0.6 is 11.3 Å². The fourth-order valence-electron chi connectivity index (χ4n) is 1.76. The lowest BCUT2D eigenvalue weighted by atomic mass is 9.97. The Bertz CT molecular complexity index is 441. The molecule has 17 heavy (non-hydrogen) atoms. The molecule has 1 aromatic heterocycles. The first-order chi connectivity index (χ1) is 8.28. The molecule has 2 nitrogen and oxygen atoms in total. The van der Waals surface area contributed by atoms with E-state index in [2.05, 4.69) is 4.98 Å². The molecule has 1 atom stereocenters. The number of aliphatic hydroxyl groups is 1. The fraction of sp³-hybridized carbons (Fsp3) is 0.308. The lowest BCUT2D eigenvalue weighted by Crippen LogP contribution is -2.12. The van der Waals surface area contributed by atoms with E-state index in [1.54, 1.807) is 29.7 Å². The first-order valence-corrected chi connectivity index (χ1v) is 6.39. The molecule has 2 rings (SSSR count). The molecule has 0 spiro atoms. The van der Waals surface area contributed by atoms with Crippen molar-refractivity contribution >= 4 is 11.3 Å². The fourth-order valence-corrected chi connectivity index (χ4v) is 2.49. The van der Waals surface area contributed by atoms with Gasteiger partial charge in [0.2, 0.25) is 0 Å². The van der Waals surface area contributed by atoms with Gasteiger partial charge in [-0.2, -0.15) is 0 Å². The summed E-state index contributed by atoms with van der Waals surface area (Å²) in [7, 11) is 0. The number of aliphatic hydroxyl groups excluding tert-OH is 1. The van der Waals surface area contributed by atoms with Gasteiger partial charge in [-0.15, -0.1) is 11.3 Å². The number of benzene rings is 1. The number of thiazole rings is 1. The molecule has 0 saturated heterocycles. The second kappa shape index (κ2) is 5.89. The summed E-state index contributed by atoms with van der Waals surface area (Å²) in [6.07, 6.45) is 3.29. The molecule has 0 saturated carbocycles. The Morgan fingerprint density at radius 2 is 2.00 bits per heavy atom. The molecular weight excluding hydrogens is 237 g/mol. The predicted octanol–water partition coefficient (Wildman–Crippen LogP) is 2.68. The first-order valence-electron chi connectivity index (χ1n) is 5.51. The van der Waals surface area contributed by atoms with E-state index < -0.39 is 0 Å². The van der Waals surface area contributed by atoms with E-state index >= 15 is 0 Å². The second-order valence-corrected chi connectivity index (χ2v) is 4.99. The Morgan fingerprint density at radius 3 is 2.59 bits per heavy atom. The van der Waals surface area contributed by atoms with Crippen molar-refractivity contribution in [3.8, 4) is 0 Å². The van der Waals surface area contributed by atoms with Crippen molar-refractivity contribution < 1.29 is 9.50 Å². The van der Waals surface area contributed by atoms with E-state index in [-0.39, 0.29) is 18.3 Å². The molecule has 90 valence electrons. The van der Waals surface area contributed by atoms with Crippen LogP contribution in [0.25, 0.3) is 0 Å². The zero-order valence-corrected chi connectivity index (χ0v) is 10.2. The van der Waals surface area contributed by atoms with Gasteiger partial charge in [-0.1, -0.05) is 12.1 Å². The smallest absolute Gasteiger partial charge is 0.123 e. The van der Waals surface area contributed by atoms with Gasteiger partial charge in [-0.3, -0.25) is 0 Å². The van der Waals surface area contributed by atoms with E-state index in [1.807, 2.05) is 5.38 Å². The Kier molecular flexibility index (Phi) is 4.23. The summed E-state index contributed by atoms with van der Waals surface area (Å²) in [5, 5.41) is 12.3. The Balaban J connectivity index is 1.97. The van der Waals surface area contributed by atoms with Gasteiger partial charge in [0.05, 0.1) is 5.01 Å². The number of aromatic nitrogens is 1. The van der Waals surface area contributed by atoms with Crippen LogP contribution < -0.4 is 0 Å². The van der Waals surface area contributed by atoms with Gasteiger partial charge >= 0.3 is 0 Å². The molecule has 0 bridgehead atoms. The third kappa shape index (κ3) is 3.61. The van der Waals surface area contributed by atoms with Crippen LogP contribution in [0.4, 0.5) is 4.39 Å². The van der Waals surface area contributed by atoms with Crippen molar-refractivity contribution in [3.05, 3.63) is 52.2 Å². The van der Waals surface area contributed by atoms with Gasteiger partial charge < -0.3 is 5.11 Å². The summed E-state index contributed by atoms with van der Waals surface area (Å²) in [6, 6.07) is 6.43. The molecule has 2 aromatic rings. The summed E-state index contributed by atoms with van der Waals surface area (Å²) in [5.74, 6) is -0.0826.